The number of primary sulfonamides is 1. The van der Waals surface area contributed by atoms with Gasteiger partial charge in [-0.1, -0.05) is 43.7 Å². The summed E-state index contributed by atoms with van der Waals surface area (Å²) in [7, 11) is -8.05. The highest BCUT2D eigenvalue weighted by Gasteiger charge is 2.47. The zero-order valence-electron chi connectivity index (χ0n) is 25.3. The van der Waals surface area contributed by atoms with E-state index < -0.39 is 59.9 Å². The van der Waals surface area contributed by atoms with Crippen molar-refractivity contribution in [1.29, 1.82) is 0 Å². The molecule has 10 nitrogen and oxygen atoms in total. The Hall–Kier alpha value is -4.02. The molecule has 254 valence electrons. The third-order valence-corrected chi connectivity index (χ3v) is 10.3. The molecule has 3 aromatic rings. The topological polar surface area (TPSA) is 162 Å². The molecule has 1 aliphatic carbocycles. The molecule has 2 amide bonds. The van der Waals surface area contributed by atoms with Gasteiger partial charge in [0.05, 0.1) is 29.2 Å². The lowest BCUT2D eigenvalue weighted by atomic mass is 9.77. The molecule has 0 radical (unpaired) electrons. The molecule has 3 aromatic carbocycles. The van der Waals surface area contributed by atoms with Crippen LogP contribution in [0.25, 0.3) is 11.1 Å². The number of alkyl halides is 3. The molecule has 0 aromatic heterocycles. The second-order valence-corrected chi connectivity index (χ2v) is 15.0. The number of sulfone groups is 1. The minimum absolute atomic E-state index is 0.0239. The lowest BCUT2D eigenvalue weighted by molar-refractivity contribution is -0.122. The Morgan fingerprint density at radius 2 is 1.68 bits per heavy atom. The first-order valence-corrected chi connectivity index (χ1v) is 17.6. The predicted molar refractivity (Wildman–Crippen MR) is 166 cm³/mol. The summed E-state index contributed by atoms with van der Waals surface area (Å²) in [5.41, 5.74) is -4.60. The fraction of sp³-hybridized carbons (Fsp3) is 0.355. The number of hydrogen-bond donors (Lipinski definition) is 3. The summed E-state index contributed by atoms with van der Waals surface area (Å²) < 4.78 is 106. The van der Waals surface area contributed by atoms with Crippen molar-refractivity contribution < 1.29 is 48.7 Å². The molecule has 0 bridgehead atoms. The average Bonchev–Trinajstić information content (AvgIpc) is 3.00. The van der Waals surface area contributed by atoms with Crippen molar-refractivity contribution >= 4 is 37.4 Å². The number of ether oxygens (including phenoxy) is 1. The SMILES string of the molecule is COc1cc(F)c(-c2ccc(CCS(N)(=O)=O)cc2)cc1C(=O)N[C@H]1[C@@H](C(=O)Nc2cccc(S(=O)(=O)C(F)(F)F)c2)CCC[C@@H]1C. The summed E-state index contributed by atoms with van der Waals surface area (Å²) in [6.45, 7) is 1.83. The number of halogens is 4. The Balaban J connectivity index is 1.57. The number of aryl methyl sites for hydroxylation is 1. The van der Waals surface area contributed by atoms with Gasteiger partial charge in [-0.25, -0.2) is 26.4 Å². The van der Waals surface area contributed by atoms with Crippen molar-refractivity contribution in [1.82, 2.24) is 5.32 Å². The molecule has 0 unspecified atom stereocenters. The van der Waals surface area contributed by atoms with Gasteiger partial charge in [0.15, 0.2) is 0 Å². The fourth-order valence-corrected chi connectivity index (χ4v) is 6.85. The summed E-state index contributed by atoms with van der Waals surface area (Å²) in [6.07, 6.45) is 1.75. The monoisotopic (exact) mass is 699 g/mol. The lowest BCUT2D eigenvalue weighted by Crippen LogP contribution is -2.50. The van der Waals surface area contributed by atoms with Gasteiger partial charge in [0.2, 0.25) is 15.9 Å². The van der Waals surface area contributed by atoms with Crippen LogP contribution in [0.3, 0.4) is 0 Å². The van der Waals surface area contributed by atoms with Crippen LogP contribution in [0.2, 0.25) is 0 Å². The Morgan fingerprint density at radius 3 is 2.30 bits per heavy atom. The van der Waals surface area contributed by atoms with Crippen LogP contribution in [0.4, 0.5) is 23.2 Å². The summed E-state index contributed by atoms with van der Waals surface area (Å²) >= 11 is 0. The first kappa shape index (κ1) is 35.8. The average molecular weight is 700 g/mol. The first-order valence-electron chi connectivity index (χ1n) is 14.4. The van der Waals surface area contributed by atoms with E-state index in [1.807, 2.05) is 6.92 Å². The second kappa shape index (κ2) is 14.0. The minimum Gasteiger partial charge on any atom is -0.496 e. The normalized spacial score (nSPS) is 18.7. The van der Waals surface area contributed by atoms with Crippen LogP contribution in [0.15, 0.2) is 65.6 Å². The number of hydrogen-bond acceptors (Lipinski definition) is 7. The number of carbonyl (C=O) groups excluding carboxylic acids is 2. The van der Waals surface area contributed by atoms with E-state index >= 15 is 4.39 Å². The molecule has 3 atom stereocenters. The van der Waals surface area contributed by atoms with Crippen LogP contribution < -0.4 is 20.5 Å². The molecule has 4 N–H and O–H groups in total. The summed E-state index contributed by atoms with van der Waals surface area (Å²) in [5, 5.41) is 10.4. The van der Waals surface area contributed by atoms with Gasteiger partial charge in [0.25, 0.3) is 15.7 Å². The second-order valence-electron chi connectivity index (χ2n) is 11.3. The number of amides is 2. The van der Waals surface area contributed by atoms with Crippen molar-refractivity contribution in [3.63, 3.8) is 0 Å². The highest BCUT2D eigenvalue weighted by atomic mass is 32.2. The standard InChI is InChI=1S/C31H33F4N3O7S2/c1-18-5-3-8-23(29(39)37-21-6-4-7-22(15-21)47(43,44)31(33,34)35)28(18)38-30(40)25-16-24(26(32)17-27(25)45-2)20-11-9-19(10-12-20)13-14-46(36,41)42/h4,6-7,9-12,15-18,23,28H,3,5,8,13-14H2,1-2H3,(H,37,39)(H,38,40)(H2,36,41,42)/t18-,23-,28+/m0/s1. The van der Waals surface area contributed by atoms with Crippen molar-refractivity contribution in [2.45, 2.75) is 49.1 Å². The molecule has 4 rings (SSSR count). The highest BCUT2D eigenvalue weighted by Crippen LogP contribution is 2.35. The van der Waals surface area contributed by atoms with Crippen LogP contribution >= 0.6 is 0 Å². The Bertz CT molecular complexity index is 1870. The van der Waals surface area contributed by atoms with Crippen LogP contribution in [0.5, 0.6) is 5.75 Å². The molecule has 0 saturated heterocycles. The molecule has 47 heavy (non-hydrogen) atoms. The Kier molecular flexibility index (Phi) is 10.7. The molecule has 16 heteroatoms. The Labute approximate surface area is 269 Å². The first-order chi connectivity index (χ1) is 21.9. The van der Waals surface area contributed by atoms with E-state index in [1.54, 1.807) is 24.3 Å². The molecule has 0 heterocycles. The van der Waals surface area contributed by atoms with Gasteiger partial charge in [-0.2, -0.15) is 13.2 Å². The van der Waals surface area contributed by atoms with E-state index in [0.717, 1.165) is 24.3 Å². The predicted octanol–water partition coefficient (Wildman–Crippen LogP) is 4.80. The van der Waals surface area contributed by atoms with Gasteiger partial charge < -0.3 is 15.4 Å². The number of anilines is 1. The number of benzene rings is 3. The minimum atomic E-state index is -5.64. The van der Waals surface area contributed by atoms with E-state index in [9.17, 15) is 39.6 Å². The van der Waals surface area contributed by atoms with Crippen molar-refractivity contribution in [3.05, 3.63) is 77.6 Å². The molecular weight excluding hydrogens is 666 g/mol. The zero-order valence-corrected chi connectivity index (χ0v) is 26.9. The molecule has 0 spiro atoms. The van der Waals surface area contributed by atoms with Crippen molar-refractivity contribution in [2.75, 3.05) is 18.2 Å². The highest BCUT2D eigenvalue weighted by molar-refractivity contribution is 7.92. The molecule has 1 saturated carbocycles. The fourth-order valence-electron chi connectivity index (χ4n) is 5.52. The van der Waals surface area contributed by atoms with E-state index in [2.05, 4.69) is 10.6 Å². The zero-order chi connectivity index (χ0) is 34.7. The lowest BCUT2D eigenvalue weighted by Gasteiger charge is -2.36. The number of nitrogens with one attached hydrogen (secondary N) is 2. The number of sulfonamides is 1. The van der Waals surface area contributed by atoms with Crippen molar-refractivity contribution in [3.8, 4) is 16.9 Å². The van der Waals surface area contributed by atoms with Gasteiger partial charge in [-0.3, -0.25) is 9.59 Å². The van der Waals surface area contributed by atoms with E-state index in [-0.39, 0.29) is 40.7 Å². The number of rotatable bonds is 10. The summed E-state index contributed by atoms with van der Waals surface area (Å²) in [5.74, 6) is -3.36. The van der Waals surface area contributed by atoms with Crippen LogP contribution in [0.1, 0.15) is 42.1 Å². The number of methoxy groups -OCH3 is 1. The van der Waals surface area contributed by atoms with Gasteiger partial charge in [-0.05, 0) is 60.6 Å². The van der Waals surface area contributed by atoms with E-state index in [4.69, 9.17) is 9.88 Å². The Morgan fingerprint density at radius 1 is 1.00 bits per heavy atom. The largest absolute Gasteiger partial charge is 0.501 e. The van der Waals surface area contributed by atoms with E-state index in [1.165, 1.54) is 19.2 Å². The molecule has 1 fully saturated rings. The molecule has 1 aliphatic rings. The maximum Gasteiger partial charge on any atom is 0.501 e. The number of nitrogens with two attached hydrogens (primary N) is 1. The third kappa shape index (κ3) is 8.48. The summed E-state index contributed by atoms with van der Waals surface area (Å²) in [6, 6.07) is 11.8. The van der Waals surface area contributed by atoms with E-state index in [0.29, 0.717) is 30.4 Å². The smallest absolute Gasteiger partial charge is 0.496 e. The van der Waals surface area contributed by atoms with Gasteiger partial charge in [0.1, 0.15) is 11.6 Å². The maximum absolute atomic E-state index is 15.2. The quantitative estimate of drug-likeness (QED) is 0.256. The third-order valence-electron chi connectivity index (χ3n) is 8.05. The maximum atomic E-state index is 15.2. The van der Waals surface area contributed by atoms with Gasteiger partial charge in [-0.15, -0.1) is 0 Å². The number of carbonyl (C=O) groups is 2. The van der Waals surface area contributed by atoms with Crippen LogP contribution in [-0.2, 0) is 31.1 Å². The van der Waals surface area contributed by atoms with Crippen LogP contribution in [0, 0.1) is 17.7 Å². The van der Waals surface area contributed by atoms with Crippen molar-refractivity contribution in [2.24, 2.45) is 17.0 Å². The summed E-state index contributed by atoms with van der Waals surface area (Å²) in [4.78, 5) is 26.0. The van der Waals surface area contributed by atoms with Crippen LogP contribution in [-0.4, -0.2) is 53.1 Å². The molecule has 0 aliphatic heterocycles. The molecular formula is C31H33F4N3O7S2. The van der Waals surface area contributed by atoms with Gasteiger partial charge in [0, 0.05) is 23.4 Å². The van der Waals surface area contributed by atoms with Gasteiger partial charge >= 0.3 is 5.51 Å².